The van der Waals surface area contributed by atoms with Gasteiger partial charge in [-0.05, 0) is 36.0 Å². The van der Waals surface area contributed by atoms with Crippen molar-refractivity contribution >= 4 is 15.9 Å². The maximum atomic E-state index is 5.18. The molecule has 1 aromatic carbocycles. The fraction of sp³-hybridized carbons (Fsp3) is 0.571. The number of hydrogen-bond donors (Lipinski definition) is 1. The number of rotatable bonds is 5. The van der Waals surface area contributed by atoms with Crippen molar-refractivity contribution in [2.75, 3.05) is 13.7 Å². The summed E-state index contributed by atoms with van der Waals surface area (Å²) in [5.74, 6) is 0.895. The summed E-state index contributed by atoms with van der Waals surface area (Å²) < 4.78 is 6.30. The SMILES string of the molecule is COc1ccc(CNCC2(C)CCC2)c(Br)c1. The van der Waals surface area contributed by atoms with E-state index in [0.717, 1.165) is 23.3 Å². The Balaban J connectivity index is 1.86. The monoisotopic (exact) mass is 297 g/mol. The first kappa shape index (κ1) is 12.9. The molecule has 17 heavy (non-hydrogen) atoms. The topological polar surface area (TPSA) is 21.3 Å². The lowest BCUT2D eigenvalue weighted by Crippen LogP contribution is -2.37. The smallest absolute Gasteiger partial charge is 0.120 e. The van der Waals surface area contributed by atoms with E-state index in [1.165, 1.54) is 24.8 Å². The summed E-state index contributed by atoms with van der Waals surface area (Å²) >= 11 is 3.58. The van der Waals surface area contributed by atoms with Crippen LogP contribution in [0.4, 0.5) is 0 Å². The molecule has 1 fully saturated rings. The van der Waals surface area contributed by atoms with Crippen molar-refractivity contribution in [3.05, 3.63) is 28.2 Å². The van der Waals surface area contributed by atoms with Gasteiger partial charge in [-0.15, -0.1) is 0 Å². The Bertz CT molecular complexity index is 388. The Labute approximate surface area is 112 Å². The third-order valence-electron chi connectivity index (χ3n) is 3.69. The minimum absolute atomic E-state index is 0.541. The van der Waals surface area contributed by atoms with Crippen molar-refractivity contribution in [3.8, 4) is 5.75 Å². The molecule has 1 saturated carbocycles. The molecule has 94 valence electrons. The van der Waals surface area contributed by atoms with Crippen molar-refractivity contribution in [2.24, 2.45) is 5.41 Å². The Morgan fingerprint density at radius 1 is 1.41 bits per heavy atom. The van der Waals surface area contributed by atoms with Crippen LogP contribution in [0.2, 0.25) is 0 Å². The van der Waals surface area contributed by atoms with Crippen LogP contribution >= 0.6 is 15.9 Å². The lowest BCUT2D eigenvalue weighted by atomic mass is 9.70. The number of hydrogen-bond acceptors (Lipinski definition) is 2. The normalized spacial score (nSPS) is 17.6. The van der Waals surface area contributed by atoms with E-state index < -0.39 is 0 Å². The molecule has 0 saturated heterocycles. The van der Waals surface area contributed by atoms with Crippen LogP contribution in [0.25, 0.3) is 0 Å². The van der Waals surface area contributed by atoms with Gasteiger partial charge < -0.3 is 10.1 Å². The number of nitrogens with one attached hydrogen (secondary N) is 1. The van der Waals surface area contributed by atoms with Gasteiger partial charge >= 0.3 is 0 Å². The minimum Gasteiger partial charge on any atom is -0.497 e. The van der Waals surface area contributed by atoms with E-state index in [9.17, 15) is 0 Å². The fourth-order valence-corrected chi connectivity index (χ4v) is 2.75. The van der Waals surface area contributed by atoms with Gasteiger partial charge in [-0.3, -0.25) is 0 Å². The average Bonchev–Trinajstić information content (AvgIpc) is 2.29. The van der Waals surface area contributed by atoms with Gasteiger partial charge in [0, 0.05) is 17.6 Å². The summed E-state index contributed by atoms with van der Waals surface area (Å²) in [5, 5.41) is 3.55. The van der Waals surface area contributed by atoms with Crippen LogP contribution in [0.1, 0.15) is 31.7 Å². The molecule has 0 heterocycles. The van der Waals surface area contributed by atoms with Crippen molar-refractivity contribution < 1.29 is 4.74 Å². The van der Waals surface area contributed by atoms with Gasteiger partial charge in [-0.25, -0.2) is 0 Å². The standard InChI is InChI=1S/C14H20BrNO/c1-14(6-3-7-14)10-16-9-11-4-5-12(17-2)8-13(11)15/h4-5,8,16H,3,6-7,9-10H2,1-2H3. The zero-order valence-corrected chi connectivity index (χ0v) is 12.1. The van der Waals surface area contributed by atoms with E-state index >= 15 is 0 Å². The molecule has 1 aromatic rings. The third kappa shape index (κ3) is 3.23. The summed E-state index contributed by atoms with van der Waals surface area (Å²) in [6, 6.07) is 6.13. The first-order chi connectivity index (χ1) is 8.13. The van der Waals surface area contributed by atoms with E-state index in [-0.39, 0.29) is 0 Å². The van der Waals surface area contributed by atoms with Crippen LogP contribution < -0.4 is 10.1 Å². The Hall–Kier alpha value is -0.540. The molecular formula is C14H20BrNO. The molecule has 0 atom stereocenters. The second-order valence-electron chi connectivity index (χ2n) is 5.23. The van der Waals surface area contributed by atoms with E-state index in [1.807, 2.05) is 12.1 Å². The summed E-state index contributed by atoms with van der Waals surface area (Å²) in [6.07, 6.45) is 4.12. The molecule has 1 aliphatic carbocycles. The van der Waals surface area contributed by atoms with Crippen molar-refractivity contribution in [3.63, 3.8) is 0 Å². The zero-order chi connectivity index (χ0) is 12.3. The summed E-state index contributed by atoms with van der Waals surface area (Å²) in [4.78, 5) is 0. The van der Waals surface area contributed by atoms with Crippen LogP contribution in [0.5, 0.6) is 5.75 Å². The highest BCUT2D eigenvalue weighted by Crippen LogP contribution is 2.39. The molecular weight excluding hydrogens is 278 g/mol. The quantitative estimate of drug-likeness (QED) is 0.894. The molecule has 0 radical (unpaired) electrons. The number of ether oxygens (including phenoxy) is 1. The molecule has 1 N–H and O–H groups in total. The molecule has 2 rings (SSSR count). The predicted molar refractivity (Wildman–Crippen MR) is 74.4 cm³/mol. The maximum Gasteiger partial charge on any atom is 0.120 e. The fourth-order valence-electron chi connectivity index (χ4n) is 2.25. The molecule has 0 aromatic heterocycles. The molecule has 2 nitrogen and oxygen atoms in total. The van der Waals surface area contributed by atoms with Gasteiger partial charge in [0.1, 0.15) is 5.75 Å². The summed E-state index contributed by atoms with van der Waals surface area (Å²) in [7, 11) is 1.69. The Kier molecular flexibility index (Phi) is 4.10. The lowest BCUT2D eigenvalue weighted by molar-refractivity contribution is 0.156. The maximum absolute atomic E-state index is 5.18. The first-order valence-electron chi connectivity index (χ1n) is 6.16. The van der Waals surface area contributed by atoms with Crippen LogP contribution in [0, 0.1) is 5.41 Å². The average molecular weight is 298 g/mol. The number of halogens is 1. The lowest BCUT2D eigenvalue weighted by Gasteiger charge is -2.38. The van der Waals surface area contributed by atoms with Gasteiger partial charge in [0.05, 0.1) is 7.11 Å². The molecule has 0 unspecified atom stereocenters. The largest absolute Gasteiger partial charge is 0.497 e. The predicted octanol–water partition coefficient (Wildman–Crippen LogP) is 3.74. The van der Waals surface area contributed by atoms with Crippen LogP contribution in [-0.4, -0.2) is 13.7 Å². The molecule has 0 spiro atoms. The van der Waals surface area contributed by atoms with Gasteiger partial charge in [-0.2, -0.15) is 0 Å². The van der Waals surface area contributed by atoms with Crippen LogP contribution in [0.3, 0.4) is 0 Å². The second kappa shape index (κ2) is 5.40. The third-order valence-corrected chi connectivity index (χ3v) is 4.43. The number of methoxy groups -OCH3 is 1. The highest BCUT2D eigenvalue weighted by molar-refractivity contribution is 9.10. The second-order valence-corrected chi connectivity index (χ2v) is 6.08. The Morgan fingerprint density at radius 3 is 2.71 bits per heavy atom. The van der Waals surface area contributed by atoms with Crippen molar-refractivity contribution in [1.29, 1.82) is 0 Å². The van der Waals surface area contributed by atoms with Gasteiger partial charge in [0.25, 0.3) is 0 Å². The van der Waals surface area contributed by atoms with E-state index in [2.05, 4.69) is 34.2 Å². The molecule has 0 amide bonds. The van der Waals surface area contributed by atoms with E-state index in [4.69, 9.17) is 4.74 Å². The molecule has 1 aliphatic rings. The van der Waals surface area contributed by atoms with Gasteiger partial charge in [-0.1, -0.05) is 35.3 Å². The van der Waals surface area contributed by atoms with Crippen LogP contribution in [0.15, 0.2) is 22.7 Å². The number of benzene rings is 1. The summed E-state index contributed by atoms with van der Waals surface area (Å²) in [5.41, 5.74) is 1.83. The van der Waals surface area contributed by atoms with E-state index in [1.54, 1.807) is 7.11 Å². The molecule has 0 bridgehead atoms. The van der Waals surface area contributed by atoms with Crippen LogP contribution in [-0.2, 0) is 6.54 Å². The highest BCUT2D eigenvalue weighted by Gasteiger charge is 2.30. The van der Waals surface area contributed by atoms with E-state index in [0.29, 0.717) is 5.41 Å². The summed E-state index contributed by atoms with van der Waals surface area (Å²) in [6.45, 7) is 4.40. The molecule has 3 heteroatoms. The van der Waals surface area contributed by atoms with Gasteiger partial charge in [0.2, 0.25) is 0 Å². The molecule has 0 aliphatic heterocycles. The Morgan fingerprint density at radius 2 is 2.18 bits per heavy atom. The minimum atomic E-state index is 0.541. The first-order valence-corrected chi connectivity index (χ1v) is 6.95. The van der Waals surface area contributed by atoms with Crippen molar-refractivity contribution in [1.82, 2.24) is 5.32 Å². The zero-order valence-electron chi connectivity index (χ0n) is 10.6. The van der Waals surface area contributed by atoms with Crippen molar-refractivity contribution in [2.45, 2.75) is 32.7 Å². The van der Waals surface area contributed by atoms with Gasteiger partial charge in [0.15, 0.2) is 0 Å². The highest BCUT2D eigenvalue weighted by atomic mass is 79.9.